The summed E-state index contributed by atoms with van der Waals surface area (Å²) < 4.78 is 11.3. The normalized spacial score (nSPS) is 11.1. The lowest BCUT2D eigenvalue weighted by molar-refractivity contribution is 0.322. The maximum atomic E-state index is 9.66. The van der Waals surface area contributed by atoms with Crippen molar-refractivity contribution in [3.8, 4) is 28.8 Å². The molecular formula is C22H20N2O2S. The fourth-order valence-electron chi connectivity index (χ4n) is 2.61. The van der Waals surface area contributed by atoms with Crippen LogP contribution in [0.25, 0.3) is 22.9 Å². The summed E-state index contributed by atoms with van der Waals surface area (Å²) in [6, 6.07) is 17.8. The molecule has 136 valence electrons. The fraction of sp³-hybridized carbons (Fsp3) is 0.182. The Bertz CT molecular complexity index is 971. The third-order valence-electron chi connectivity index (χ3n) is 3.82. The van der Waals surface area contributed by atoms with Crippen LogP contribution in [0.5, 0.6) is 11.5 Å². The summed E-state index contributed by atoms with van der Waals surface area (Å²) in [6.45, 7) is 4.99. The lowest BCUT2D eigenvalue weighted by Crippen LogP contribution is -1.97. The van der Waals surface area contributed by atoms with Gasteiger partial charge >= 0.3 is 0 Å². The van der Waals surface area contributed by atoms with Gasteiger partial charge in [0.15, 0.2) is 0 Å². The van der Waals surface area contributed by atoms with Crippen LogP contribution in [-0.2, 0) is 0 Å². The van der Waals surface area contributed by atoms with Crippen molar-refractivity contribution < 1.29 is 9.47 Å². The minimum atomic E-state index is 0.507. The lowest BCUT2D eigenvalue weighted by Gasteiger charge is -2.10. The Balaban J connectivity index is 1.95. The fourth-order valence-corrected chi connectivity index (χ4v) is 3.40. The molecule has 0 aliphatic rings. The van der Waals surface area contributed by atoms with E-state index in [2.05, 4.69) is 11.1 Å². The van der Waals surface area contributed by atoms with Crippen LogP contribution in [0.2, 0.25) is 0 Å². The first-order chi connectivity index (χ1) is 13.2. The summed E-state index contributed by atoms with van der Waals surface area (Å²) >= 11 is 1.46. The number of allylic oxidation sites excluding steroid dienone is 1. The highest BCUT2D eigenvalue weighted by Gasteiger charge is 2.11. The number of nitrogens with zero attached hydrogens (tertiary/aromatic N) is 2. The van der Waals surface area contributed by atoms with Crippen molar-refractivity contribution in [3.63, 3.8) is 0 Å². The number of ether oxygens (including phenoxy) is 2. The molecule has 0 saturated carbocycles. The molecule has 0 atom stereocenters. The van der Waals surface area contributed by atoms with Crippen LogP contribution in [0.15, 0.2) is 53.9 Å². The Kier molecular flexibility index (Phi) is 6.24. The highest BCUT2D eigenvalue weighted by molar-refractivity contribution is 7.11. The summed E-state index contributed by atoms with van der Waals surface area (Å²) in [7, 11) is 0. The molecule has 0 aliphatic heterocycles. The van der Waals surface area contributed by atoms with Gasteiger partial charge in [-0.2, -0.15) is 5.26 Å². The van der Waals surface area contributed by atoms with E-state index in [1.165, 1.54) is 11.3 Å². The molecule has 0 fully saturated rings. The van der Waals surface area contributed by atoms with Crippen LogP contribution in [-0.4, -0.2) is 18.2 Å². The minimum Gasteiger partial charge on any atom is -0.494 e. The summed E-state index contributed by atoms with van der Waals surface area (Å²) in [4.78, 5) is 4.63. The van der Waals surface area contributed by atoms with Gasteiger partial charge in [-0.1, -0.05) is 30.3 Å². The molecule has 0 bridgehead atoms. The molecule has 0 N–H and O–H groups in total. The van der Waals surface area contributed by atoms with Crippen molar-refractivity contribution >= 4 is 23.0 Å². The zero-order chi connectivity index (χ0) is 19.1. The Morgan fingerprint density at radius 1 is 1.11 bits per heavy atom. The molecule has 1 aromatic heterocycles. The lowest BCUT2D eigenvalue weighted by atomic mass is 10.1. The van der Waals surface area contributed by atoms with Crippen LogP contribution in [0.4, 0.5) is 0 Å². The van der Waals surface area contributed by atoms with Crippen LogP contribution in [0, 0.1) is 11.3 Å². The van der Waals surface area contributed by atoms with Gasteiger partial charge in [0.05, 0.1) is 24.5 Å². The Labute approximate surface area is 163 Å². The van der Waals surface area contributed by atoms with Gasteiger partial charge in [-0.25, -0.2) is 4.98 Å². The average Bonchev–Trinajstić information content (AvgIpc) is 3.19. The number of hydrogen-bond acceptors (Lipinski definition) is 5. The van der Waals surface area contributed by atoms with Crippen LogP contribution in [0.3, 0.4) is 0 Å². The topological polar surface area (TPSA) is 55.1 Å². The third-order valence-corrected chi connectivity index (χ3v) is 4.70. The zero-order valence-corrected chi connectivity index (χ0v) is 16.1. The van der Waals surface area contributed by atoms with Crippen molar-refractivity contribution in [2.45, 2.75) is 13.8 Å². The van der Waals surface area contributed by atoms with Gasteiger partial charge in [-0.05, 0) is 32.1 Å². The quantitative estimate of drug-likeness (QED) is 0.498. The van der Waals surface area contributed by atoms with Crippen molar-refractivity contribution in [2.75, 3.05) is 13.2 Å². The summed E-state index contributed by atoms with van der Waals surface area (Å²) in [5.74, 6) is 1.44. The number of thiazole rings is 1. The second-order valence-electron chi connectivity index (χ2n) is 5.64. The van der Waals surface area contributed by atoms with E-state index < -0.39 is 0 Å². The van der Waals surface area contributed by atoms with E-state index >= 15 is 0 Å². The maximum Gasteiger partial charge on any atom is 0.134 e. The monoisotopic (exact) mass is 376 g/mol. The molecule has 5 heteroatoms. The first-order valence-corrected chi connectivity index (χ1v) is 9.65. The molecule has 3 rings (SSSR count). The van der Waals surface area contributed by atoms with Crippen molar-refractivity contribution in [1.29, 1.82) is 5.26 Å². The Morgan fingerprint density at radius 3 is 2.59 bits per heavy atom. The van der Waals surface area contributed by atoms with E-state index in [0.717, 1.165) is 22.6 Å². The molecule has 0 amide bonds. The molecule has 27 heavy (non-hydrogen) atoms. The number of rotatable bonds is 7. The highest BCUT2D eigenvalue weighted by Crippen LogP contribution is 2.31. The predicted octanol–water partition coefficient (Wildman–Crippen LogP) is 5.67. The molecule has 0 spiro atoms. The van der Waals surface area contributed by atoms with Crippen LogP contribution < -0.4 is 9.47 Å². The summed E-state index contributed by atoms with van der Waals surface area (Å²) in [5.41, 5.74) is 3.24. The second-order valence-corrected chi connectivity index (χ2v) is 6.50. The van der Waals surface area contributed by atoms with Gasteiger partial charge in [-0.15, -0.1) is 11.3 Å². The van der Waals surface area contributed by atoms with Crippen LogP contribution >= 0.6 is 11.3 Å². The number of nitriles is 1. The highest BCUT2D eigenvalue weighted by atomic mass is 32.1. The smallest absolute Gasteiger partial charge is 0.134 e. The summed E-state index contributed by atoms with van der Waals surface area (Å²) in [5, 5.41) is 12.3. The molecule has 3 aromatic rings. The van der Waals surface area contributed by atoms with Gasteiger partial charge in [0.25, 0.3) is 0 Å². The standard InChI is InChI=1S/C22H20N2O2S/c1-3-25-19-11-10-17(21(13-19)26-4-2)12-18(14-23)22-24-20(15-27-22)16-8-6-5-7-9-16/h5-13,15H,3-4H2,1-2H3/b18-12-. The van der Waals surface area contributed by atoms with Crippen LogP contribution in [0.1, 0.15) is 24.4 Å². The number of aromatic nitrogens is 1. The molecule has 0 aliphatic carbocycles. The summed E-state index contributed by atoms with van der Waals surface area (Å²) in [6.07, 6.45) is 1.81. The first-order valence-electron chi connectivity index (χ1n) is 8.78. The van der Waals surface area contributed by atoms with E-state index in [-0.39, 0.29) is 0 Å². The maximum absolute atomic E-state index is 9.66. The van der Waals surface area contributed by atoms with Gasteiger partial charge in [0.1, 0.15) is 22.6 Å². The van der Waals surface area contributed by atoms with Gasteiger partial charge in [-0.3, -0.25) is 0 Å². The molecule has 0 radical (unpaired) electrons. The van der Waals surface area contributed by atoms with Crippen molar-refractivity contribution in [1.82, 2.24) is 4.98 Å². The van der Waals surface area contributed by atoms with E-state index in [1.807, 2.05) is 73.8 Å². The van der Waals surface area contributed by atoms with E-state index in [4.69, 9.17) is 9.47 Å². The van der Waals surface area contributed by atoms with Crippen molar-refractivity contribution in [2.24, 2.45) is 0 Å². The van der Waals surface area contributed by atoms with Crippen molar-refractivity contribution in [3.05, 3.63) is 64.5 Å². The SMILES string of the molecule is CCOc1ccc(/C=C(/C#N)c2nc(-c3ccccc3)cs2)c(OCC)c1. The third kappa shape index (κ3) is 4.55. The second kappa shape index (κ2) is 9.02. The molecule has 2 aromatic carbocycles. The van der Waals surface area contributed by atoms with E-state index in [9.17, 15) is 5.26 Å². The van der Waals surface area contributed by atoms with Gasteiger partial charge in [0, 0.05) is 22.6 Å². The van der Waals surface area contributed by atoms with Gasteiger partial charge < -0.3 is 9.47 Å². The molecule has 4 nitrogen and oxygen atoms in total. The molecular weight excluding hydrogens is 356 g/mol. The molecule has 1 heterocycles. The number of benzene rings is 2. The molecule has 0 unspecified atom stereocenters. The Morgan fingerprint density at radius 2 is 1.89 bits per heavy atom. The largest absolute Gasteiger partial charge is 0.494 e. The van der Waals surface area contributed by atoms with E-state index in [1.54, 1.807) is 0 Å². The average molecular weight is 376 g/mol. The van der Waals surface area contributed by atoms with E-state index in [0.29, 0.717) is 29.5 Å². The predicted molar refractivity (Wildman–Crippen MR) is 110 cm³/mol. The first kappa shape index (κ1) is 18.7. The molecule has 0 saturated heterocycles. The van der Waals surface area contributed by atoms with Gasteiger partial charge in [0.2, 0.25) is 0 Å². The zero-order valence-electron chi connectivity index (χ0n) is 15.3. The Hall–Kier alpha value is -3.10. The minimum absolute atomic E-state index is 0.507. The number of hydrogen-bond donors (Lipinski definition) is 0.